The van der Waals surface area contributed by atoms with Gasteiger partial charge < -0.3 is 19.5 Å². The molecule has 7 heteroatoms. The van der Waals surface area contributed by atoms with Gasteiger partial charge in [-0.1, -0.05) is 12.1 Å². The van der Waals surface area contributed by atoms with E-state index in [0.717, 1.165) is 55.5 Å². The van der Waals surface area contributed by atoms with Crippen LogP contribution in [-0.4, -0.2) is 75.3 Å². The maximum Gasteiger partial charge on any atom is 0.237 e. The zero-order valence-electron chi connectivity index (χ0n) is 18.7. The van der Waals surface area contributed by atoms with Crippen molar-refractivity contribution in [1.29, 1.82) is 0 Å². The minimum Gasteiger partial charge on any atom is -0.497 e. The number of carbonyl (C=O) groups is 1. The van der Waals surface area contributed by atoms with Crippen LogP contribution in [0.2, 0.25) is 0 Å². The molecule has 1 N–H and O–H groups in total. The Morgan fingerprint density at radius 2 is 1.45 bits per heavy atom. The van der Waals surface area contributed by atoms with E-state index in [4.69, 9.17) is 14.2 Å². The van der Waals surface area contributed by atoms with E-state index in [9.17, 15) is 4.79 Å². The van der Waals surface area contributed by atoms with Crippen LogP contribution in [0, 0.1) is 0 Å². The lowest BCUT2D eigenvalue weighted by molar-refractivity contribution is -0.126. The first-order valence-corrected chi connectivity index (χ1v) is 10.7. The highest BCUT2D eigenvalue weighted by molar-refractivity contribution is 5.81. The molecule has 0 aromatic heterocycles. The molecule has 3 rings (SSSR count). The fourth-order valence-corrected chi connectivity index (χ4v) is 3.58. The van der Waals surface area contributed by atoms with Crippen LogP contribution in [0.5, 0.6) is 17.2 Å². The summed E-state index contributed by atoms with van der Waals surface area (Å²) in [5, 5.41) is 3.04. The number of piperazine rings is 1. The highest BCUT2D eigenvalue weighted by atomic mass is 16.5. The molecule has 1 aliphatic heterocycles. The average Bonchev–Trinajstić information content (AvgIpc) is 2.83. The van der Waals surface area contributed by atoms with Gasteiger partial charge in [-0.15, -0.1) is 0 Å². The van der Waals surface area contributed by atoms with E-state index in [1.54, 1.807) is 14.2 Å². The van der Waals surface area contributed by atoms with E-state index >= 15 is 0 Å². The second kappa shape index (κ2) is 11.6. The Kier molecular flexibility index (Phi) is 8.55. The van der Waals surface area contributed by atoms with E-state index in [1.807, 2.05) is 55.5 Å². The summed E-state index contributed by atoms with van der Waals surface area (Å²) in [6, 6.07) is 15.2. The number of ether oxygens (including phenoxy) is 3. The van der Waals surface area contributed by atoms with Gasteiger partial charge in [-0.2, -0.15) is 0 Å². The molecule has 7 nitrogen and oxygen atoms in total. The third-order valence-electron chi connectivity index (χ3n) is 5.70. The van der Waals surface area contributed by atoms with Gasteiger partial charge in [-0.3, -0.25) is 14.6 Å². The third kappa shape index (κ3) is 6.87. The lowest BCUT2D eigenvalue weighted by Gasteiger charge is -2.37. The van der Waals surface area contributed by atoms with Crippen molar-refractivity contribution in [2.24, 2.45) is 0 Å². The molecule has 0 spiro atoms. The fourth-order valence-electron chi connectivity index (χ4n) is 3.58. The normalized spacial score (nSPS) is 15.8. The van der Waals surface area contributed by atoms with Crippen LogP contribution in [0.3, 0.4) is 0 Å². The summed E-state index contributed by atoms with van der Waals surface area (Å²) < 4.78 is 16.2. The third-order valence-corrected chi connectivity index (χ3v) is 5.70. The Balaban J connectivity index is 1.34. The number of nitrogens with zero attached hydrogens (tertiary/aromatic N) is 2. The molecule has 31 heavy (non-hydrogen) atoms. The monoisotopic (exact) mass is 427 g/mol. The number of methoxy groups -OCH3 is 2. The number of rotatable bonds is 10. The molecule has 0 bridgehead atoms. The zero-order valence-corrected chi connectivity index (χ0v) is 18.7. The van der Waals surface area contributed by atoms with Crippen LogP contribution in [-0.2, 0) is 11.3 Å². The highest BCUT2D eigenvalue weighted by Gasteiger charge is 2.25. The van der Waals surface area contributed by atoms with Gasteiger partial charge >= 0.3 is 0 Å². The van der Waals surface area contributed by atoms with Crippen molar-refractivity contribution in [3.8, 4) is 17.2 Å². The van der Waals surface area contributed by atoms with Crippen molar-refractivity contribution in [1.82, 2.24) is 15.1 Å². The maximum atomic E-state index is 12.6. The first-order valence-electron chi connectivity index (χ1n) is 10.7. The Bertz CT molecular complexity index is 803. The Morgan fingerprint density at radius 3 is 2.03 bits per heavy atom. The number of hydrogen-bond acceptors (Lipinski definition) is 6. The summed E-state index contributed by atoms with van der Waals surface area (Å²) in [6.07, 6.45) is 0. The number of nitrogens with one attached hydrogen (secondary N) is 1. The second-order valence-corrected chi connectivity index (χ2v) is 7.64. The second-order valence-electron chi connectivity index (χ2n) is 7.64. The smallest absolute Gasteiger partial charge is 0.237 e. The first-order chi connectivity index (χ1) is 15.1. The maximum absolute atomic E-state index is 12.6. The van der Waals surface area contributed by atoms with Gasteiger partial charge in [0.1, 0.15) is 23.9 Å². The molecule has 0 unspecified atom stereocenters. The molecule has 2 aromatic rings. The summed E-state index contributed by atoms with van der Waals surface area (Å²) in [5.41, 5.74) is 1.06. The number of benzene rings is 2. The largest absolute Gasteiger partial charge is 0.497 e. The molecule has 168 valence electrons. The molecule has 0 radical (unpaired) electrons. The van der Waals surface area contributed by atoms with Crippen LogP contribution >= 0.6 is 0 Å². The SMILES string of the molecule is COc1ccc(CNC(=O)[C@H](C)N2CCN(CCOc3ccc(OC)cc3)CC2)cc1. The molecule has 1 saturated heterocycles. The fraction of sp³-hybridized carbons (Fsp3) is 0.458. The van der Waals surface area contributed by atoms with Crippen molar-refractivity contribution >= 4 is 5.91 Å². The topological polar surface area (TPSA) is 63.3 Å². The van der Waals surface area contributed by atoms with E-state index < -0.39 is 0 Å². The van der Waals surface area contributed by atoms with Crippen LogP contribution < -0.4 is 19.5 Å². The van der Waals surface area contributed by atoms with E-state index in [0.29, 0.717) is 13.2 Å². The minimum atomic E-state index is -0.143. The molecular weight excluding hydrogens is 394 g/mol. The van der Waals surface area contributed by atoms with Crippen molar-refractivity contribution in [3.05, 3.63) is 54.1 Å². The van der Waals surface area contributed by atoms with Gasteiger partial charge in [0.2, 0.25) is 5.91 Å². The van der Waals surface area contributed by atoms with E-state index in [1.165, 1.54) is 0 Å². The molecule has 1 atom stereocenters. The molecule has 1 amide bonds. The number of amides is 1. The van der Waals surface area contributed by atoms with Crippen molar-refractivity contribution in [2.75, 3.05) is 53.6 Å². The Morgan fingerprint density at radius 1 is 0.903 bits per heavy atom. The number of carbonyl (C=O) groups excluding carboxylic acids is 1. The molecular formula is C24H33N3O4. The standard InChI is InChI=1S/C24H33N3O4/c1-19(24(28)25-18-20-4-6-21(29-2)7-5-20)27-14-12-26(13-15-27)16-17-31-23-10-8-22(30-3)9-11-23/h4-11,19H,12-18H2,1-3H3,(H,25,28)/t19-/m0/s1. The predicted octanol–water partition coefficient (Wildman–Crippen LogP) is 2.41. The van der Waals surface area contributed by atoms with Gasteiger partial charge in [0.15, 0.2) is 0 Å². The molecule has 1 aliphatic rings. The van der Waals surface area contributed by atoms with Crippen molar-refractivity contribution in [2.45, 2.75) is 19.5 Å². The quantitative estimate of drug-likeness (QED) is 0.628. The van der Waals surface area contributed by atoms with Crippen molar-refractivity contribution < 1.29 is 19.0 Å². The van der Waals surface area contributed by atoms with Gasteiger partial charge in [-0.05, 0) is 48.9 Å². The van der Waals surface area contributed by atoms with Gasteiger partial charge in [0.25, 0.3) is 0 Å². The van der Waals surface area contributed by atoms with Gasteiger partial charge in [0, 0.05) is 39.3 Å². The predicted molar refractivity (Wildman–Crippen MR) is 121 cm³/mol. The van der Waals surface area contributed by atoms with Crippen LogP contribution in [0.25, 0.3) is 0 Å². The summed E-state index contributed by atoms with van der Waals surface area (Å²) in [5.74, 6) is 2.55. The summed E-state index contributed by atoms with van der Waals surface area (Å²) in [6.45, 7) is 7.63. The van der Waals surface area contributed by atoms with E-state index in [2.05, 4.69) is 15.1 Å². The minimum absolute atomic E-state index is 0.0621. The van der Waals surface area contributed by atoms with Crippen LogP contribution in [0.1, 0.15) is 12.5 Å². The lowest BCUT2D eigenvalue weighted by Crippen LogP contribution is -2.54. The van der Waals surface area contributed by atoms with E-state index in [-0.39, 0.29) is 11.9 Å². The Labute approximate surface area is 184 Å². The zero-order chi connectivity index (χ0) is 22.1. The molecule has 1 heterocycles. The summed E-state index contributed by atoms with van der Waals surface area (Å²) in [4.78, 5) is 17.2. The highest BCUT2D eigenvalue weighted by Crippen LogP contribution is 2.17. The molecule has 2 aromatic carbocycles. The lowest BCUT2D eigenvalue weighted by atomic mass is 10.2. The number of hydrogen-bond donors (Lipinski definition) is 1. The van der Waals surface area contributed by atoms with Crippen LogP contribution in [0.4, 0.5) is 0 Å². The van der Waals surface area contributed by atoms with Crippen molar-refractivity contribution in [3.63, 3.8) is 0 Å². The summed E-state index contributed by atoms with van der Waals surface area (Å²) >= 11 is 0. The molecule has 0 aliphatic carbocycles. The van der Waals surface area contributed by atoms with Gasteiger partial charge in [0.05, 0.1) is 20.3 Å². The Hall–Kier alpha value is -2.77. The van der Waals surface area contributed by atoms with Gasteiger partial charge in [-0.25, -0.2) is 0 Å². The molecule has 0 saturated carbocycles. The first kappa shape index (κ1) is 22.9. The van der Waals surface area contributed by atoms with Crippen LogP contribution in [0.15, 0.2) is 48.5 Å². The molecule has 1 fully saturated rings. The summed E-state index contributed by atoms with van der Waals surface area (Å²) in [7, 11) is 3.30. The average molecular weight is 428 g/mol.